The SMILES string of the molecule is CCOc1ccc(OCC)c(-[n+]2ccc(-c3cc[n+](-c4cc(OCC)ccc4OCC)cc3)cc2)c1. The summed E-state index contributed by atoms with van der Waals surface area (Å²) in [6, 6.07) is 20.2. The van der Waals surface area contributed by atoms with Crippen LogP contribution in [-0.2, 0) is 0 Å². The van der Waals surface area contributed by atoms with E-state index in [1.165, 1.54) is 0 Å². The van der Waals surface area contributed by atoms with E-state index in [0.29, 0.717) is 26.4 Å². The number of ether oxygens (including phenoxy) is 4. The predicted octanol–water partition coefficient (Wildman–Crippen LogP) is 5.50. The van der Waals surface area contributed by atoms with Crippen LogP contribution in [0.15, 0.2) is 85.5 Å². The van der Waals surface area contributed by atoms with Crippen molar-refractivity contribution in [3.63, 3.8) is 0 Å². The zero-order valence-electron chi connectivity index (χ0n) is 21.4. The molecule has 0 saturated heterocycles. The number of pyridine rings is 2. The normalized spacial score (nSPS) is 10.7. The minimum Gasteiger partial charge on any atom is -0.494 e. The van der Waals surface area contributed by atoms with Gasteiger partial charge in [-0.05, 0) is 63.1 Å². The molecule has 0 saturated carbocycles. The summed E-state index contributed by atoms with van der Waals surface area (Å²) in [5.74, 6) is 3.28. The average Bonchev–Trinajstić information content (AvgIpc) is 2.91. The number of nitrogens with zero attached hydrogens (tertiary/aromatic N) is 2. The molecule has 4 aromatic rings. The molecule has 36 heavy (non-hydrogen) atoms. The standard InChI is InChI=1S/C30H34N2O4/c1-5-33-25-9-11-29(35-7-3)27(21-25)31-17-13-23(14-18-31)24-15-19-32(20-16-24)28-22-26(34-6-2)10-12-30(28)36-8-4/h9-22H,5-8H2,1-4H3/q+2. The zero-order chi connectivity index (χ0) is 25.3. The molecule has 0 atom stereocenters. The lowest BCUT2D eigenvalue weighted by Crippen LogP contribution is -2.30. The van der Waals surface area contributed by atoms with Gasteiger partial charge in [0, 0.05) is 24.3 Å². The topological polar surface area (TPSA) is 44.7 Å². The molecule has 0 N–H and O–H groups in total. The number of aromatic nitrogens is 2. The second-order valence-electron chi connectivity index (χ2n) is 7.98. The molecule has 0 bridgehead atoms. The van der Waals surface area contributed by atoms with E-state index in [-0.39, 0.29) is 0 Å². The first-order valence-electron chi connectivity index (χ1n) is 12.5. The molecular weight excluding hydrogens is 452 g/mol. The van der Waals surface area contributed by atoms with Crippen LogP contribution in [0.4, 0.5) is 0 Å². The van der Waals surface area contributed by atoms with Crippen molar-refractivity contribution < 1.29 is 28.1 Å². The third-order valence-corrected chi connectivity index (χ3v) is 5.63. The van der Waals surface area contributed by atoms with E-state index < -0.39 is 0 Å². The molecule has 0 aliphatic heterocycles. The fourth-order valence-electron chi connectivity index (χ4n) is 4.02. The largest absolute Gasteiger partial charge is 0.494 e. The van der Waals surface area contributed by atoms with Crippen molar-refractivity contribution in [2.24, 2.45) is 0 Å². The zero-order valence-corrected chi connectivity index (χ0v) is 21.4. The molecule has 6 heteroatoms. The van der Waals surface area contributed by atoms with Gasteiger partial charge in [0.2, 0.25) is 0 Å². The highest BCUT2D eigenvalue weighted by Crippen LogP contribution is 2.27. The molecule has 186 valence electrons. The maximum Gasteiger partial charge on any atom is 0.256 e. The lowest BCUT2D eigenvalue weighted by molar-refractivity contribution is -0.596. The van der Waals surface area contributed by atoms with Crippen LogP contribution in [-0.4, -0.2) is 26.4 Å². The molecule has 2 aromatic heterocycles. The first-order valence-corrected chi connectivity index (χ1v) is 12.5. The van der Waals surface area contributed by atoms with Crippen LogP contribution in [0, 0.1) is 0 Å². The lowest BCUT2D eigenvalue weighted by Gasteiger charge is -2.09. The van der Waals surface area contributed by atoms with E-state index in [1.54, 1.807) is 0 Å². The third-order valence-electron chi connectivity index (χ3n) is 5.63. The fourth-order valence-corrected chi connectivity index (χ4v) is 4.02. The monoisotopic (exact) mass is 486 g/mol. The van der Waals surface area contributed by atoms with Crippen molar-refractivity contribution in [3.8, 4) is 45.5 Å². The summed E-state index contributed by atoms with van der Waals surface area (Å²) in [6.45, 7) is 10.4. The van der Waals surface area contributed by atoms with Crippen LogP contribution in [0.2, 0.25) is 0 Å². The van der Waals surface area contributed by atoms with Gasteiger partial charge in [-0.25, -0.2) is 0 Å². The number of rotatable bonds is 11. The van der Waals surface area contributed by atoms with Gasteiger partial charge in [-0.3, -0.25) is 0 Å². The molecule has 0 spiro atoms. The average molecular weight is 487 g/mol. The first kappa shape index (κ1) is 25.0. The Morgan fingerprint density at radius 3 is 1.17 bits per heavy atom. The molecule has 0 radical (unpaired) electrons. The van der Waals surface area contributed by atoms with Crippen molar-refractivity contribution in [3.05, 3.63) is 85.5 Å². The van der Waals surface area contributed by atoms with Crippen LogP contribution in [0.1, 0.15) is 27.7 Å². The van der Waals surface area contributed by atoms with E-state index in [9.17, 15) is 0 Å². The smallest absolute Gasteiger partial charge is 0.256 e. The summed E-state index contributed by atoms with van der Waals surface area (Å²) in [7, 11) is 0. The lowest BCUT2D eigenvalue weighted by atomic mass is 10.1. The minimum atomic E-state index is 0.599. The van der Waals surface area contributed by atoms with Crippen molar-refractivity contribution in [2.75, 3.05) is 26.4 Å². The van der Waals surface area contributed by atoms with Crippen LogP contribution in [0.3, 0.4) is 0 Å². The molecular formula is C30H34N2O4+2. The third kappa shape index (κ3) is 5.77. The van der Waals surface area contributed by atoms with Gasteiger partial charge in [0.05, 0.1) is 38.6 Å². The van der Waals surface area contributed by atoms with Crippen LogP contribution in [0.25, 0.3) is 22.5 Å². The maximum absolute atomic E-state index is 5.85. The number of hydrogen-bond acceptors (Lipinski definition) is 4. The van der Waals surface area contributed by atoms with Crippen LogP contribution >= 0.6 is 0 Å². The van der Waals surface area contributed by atoms with E-state index in [1.807, 2.05) is 98.0 Å². The predicted molar refractivity (Wildman–Crippen MR) is 140 cm³/mol. The van der Waals surface area contributed by atoms with Gasteiger partial charge in [-0.2, -0.15) is 9.13 Å². The first-order chi connectivity index (χ1) is 17.7. The highest BCUT2D eigenvalue weighted by molar-refractivity contribution is 5.61. The second-order valence-corrected chi connectivity index (χ2v) is 7.98. The molecule has 0 unspecified atom stereocenters. The van der Waals surface area contributed by atoms with Crippen molar-refractivity contribution in [1.82, 2.24) is 0 Å². The van der Waals surface area contributed by atoms with Gasteiger partial charge in [-0.1, -0.05) is 0 Å². The Kier molecular flexibility index (Phi) is 8.40. The summed E-state index contributed by atoms with van der Waals surface area (Å²) >= 11 is 0. The Morgan fingerprint density at radius 2 is 0.833 bits per heavy atom. The van der Waals surface area contributed by atoms with Crippen molar-refractivity contribution >= 4 is 0 Å². The Balaban J connectivity index is 1.61. The van der Waals surface area contributed by atoms with E-state index >= 15 is 0 Å². The summed E-state index contributed by atoms with van der Waals surface area (Å²) in [6.07, 6.45) is 8.18. The number of benzene rings is 2. The van der Waals surface area contributed by atoms with Crippen molar-refractivity contribution in [1.29, 1.82) is 0 Å². The molecule has 0 fully saturated rings. The van der Waals surface area contributed by atoms with Crippen molar-refractivity contribution in [2.45, 2.75) is 27.7 Å². The van der Waals surface area contributed by atoms with E-state index in [4.69, 9.17) is 18.9 Å². The van der Waals surface area contributed by atoms with E-state index in [0.717, 1.165) is 45.5 Å². The Bertz CT molecular complexity index is 1170. The van der Waals surface area contributed by atoms with Gasteiger partial charge in [0.25, 0.3) is 11.4 Å². The highest BCUT2D eigenvalue weighted by Gasteiger charge is 2.18. The summed E-state index contributed by atoms with van der Waals surface area (Å²) in [4.78, 5) is 0. The van der Waals surface area contributed by atoms with Gasteiger partial charge in [0.1, 0.15) is 11.5 Å². The fraction of sp³-hybridized carbons (Fsp3) is 0.267. The molecule has 2 aromatic carbocycles. The van der Waals surface area contributed by atoms with Gasteiger partial charge in [-0.15, -0.1) is 0 Å². The quantitative estimate of drug-likeness (QED) is 0.263. The van der Waals surface area contributed by atoms with Crippen LogP contribution in [0.5, 0.6) is 23.0 Å². The molecule has 6 nitrogen and oxygen atoms in total. The second kappa shape index (κ2) is 12.1. The minimum absolute atomic E-state index is 0.599. The highest BCUT2D eigenvalue weighted by atomic mass is 16.5. The summed E-state index contributed by atoms with van der Waals surface area (Å²) in [5, 5.41) is 0. The number of hydrogen-bond donors (Lipinski definition) is 0. The Morgan fingerprint density at radius 1 is 0.472 bits per heavy atom. The van der Waals surface area contributed by atoms with Gasteiger partial charge >= 0.3 is 0 Å². The Hall–Kier alpha value is -4.06. The van der Waals surface area contributed by atoms with Crippen LogP contribution < -0.4 is 28.1 Å². The Labute approximate surface area is 213 Å². The maximum atomic E-state index is 5.85. The summed E-state index contributed by atoms with van der Waals surface area (Å²) in [5.41, 5.74) is 4.12. The van der Waals surface area contributed by atoms with Gasteiger partial charge in [0.15, 0.2) is 36.3 Å². The molecule has 0 aliphatic carbocycles. The van der Waals surface area contributed by atoms with Gasteiger partial charge < -0.3 is 18.9 Å². The molecule has 4 rings (SSSR count). The summed E-state index contributed by atoms with van der Waals surface area (Å²) < 4.78 is 27.2. The molecule has 2 heterocycles. The van der Waals surface area contributed by atoms with E-state index in [2.05, 4.69) is 24.3 Å². The molecule has 0 aliphatic rings. The molecule has 0 amide bonds.